The van der Waals surface area contributed by atoms with Crippen LogP contribution in [0, 0.1) is 21.4 Å². The van der Waals surface area contributed by atoms with Crippen LogP contribution >= 0.6 is 23.4 Å². The van der Waals surface area contributed by atoms with Gasteiger partial charge in [0.15, 0.2) is 0 Å². The first-order valence-corrected chi connectivity index (χ1v) is 8.79. The molecule has 1 aliphatic heterocycles. The van der Waals surface area contributed by atoms with Gasteiger partial charge in [0.1, 0.15) is 5.25 Å². The first kappa shape index (κ1) is 17.3. The lowest BCUT2D eigenvalue weighted by atomic mass is 9.82. The fraction of sp³-hybridized carbons (Fsp3) is 0.167. The fourth-order valence-corrected chi connectivity index (χ4v) is 4.46. The van der Waals surface area contributed by atoms with Crippen LogP contribution in [0.4, 0.5) is 0 Å². The Kier molecular flexibility index (Phi) is 4.98. The van der Waals surface area contributed by atoms with E-state index >= 15 is 0 Å². The van der Waals surface area contributed by atoms with E-state index in [-0.39, 0.29) is 10.5 Å². The highest BCUT2D eigenvalue weighted by Crippen LogP contribution is 2.50. The molecule has 5 nitrogen and oxygen atoms in total. The van der Waals surface area contributed by atoms with Crippen LogP contribution in [0.15, 0.2) is 65.2 Å². The smallest absolute Gasteiger partial charge is 0.240 e. The maximum atomic E-state index is 12.0. The lowest BCUT2D eigenvalue weighted by Gasteiger charge is -2.32. The SMILES string of the molecule is N#CC1=C(N)S[C@H](c2ccccc2)[C@@H]([N+](=O)[O-])[C@@H]1c1ccc(Cl)cc1. The summed E-state index contributed by atoms with van der Waals surface area (Å²) in [7, 11) is 0. The monoisotopic (exact) mass is 371 g/mol. The Labute approximate surface area is 154 Å². The Morgan fingerprint density at radius 2 is 1.76 bits per heavy atom. The highest BCUT2D eigenvalue weighted by Gasteiger charge is 2.48. The van der Waals surface area contributed by atoms with Crippen LogP contribution < -0.4 is 5.73 Å². The Bertz CT molecular complexity index is 862. The Balaban J connectivity index is 2.17. The second-order valence-electron chi connectivity index (χ2n) is 5.64. The van der Waals surface area contributed by atoms with Crippen molar-refractivity contribution in [3.63, 3.8) is 0 Å². The van der Waals surface area contributed by atoms with E-state index in [0.29, 0.717) is 15.6 Å². The van der Waals surface area contributed by atoms with Gasteiger partial charge >= 0.3 is 0 Å². The van der Waals surface area contributed by atoms with Crippen molar-refractivity contribution >= 4 is 23.4 Å². The van der Waals surface area contributed by atoms with Gasteiger partial charge in [-0.2, -0.15) is 5.26 Å². The maximum absolute atomic E-state index is 12.0. The molecule has 0 spiro atoms. The van der Waals surface area contributed by atoms with Gasteiger partial charge in [-0.05, 0) is 23.3 Å². The van der Waals surface area contributed by atoms with Crippen LogP contribution in [-0.4, -0.2) is 11.0 Å². The van der Waals surface area contributed by atoms with E-state index in [0.717, 1.165) is 5.56 Å². The molecule has 0 saturated heterocycles. The topological polar surface area (TPSA) is 93.0 Å². The fourth-order valence-electron chi connectivity index (χ4n) is 3.07. The molecule has 0 aliphatic carbocycles. The minimum atomic E-state index is -1.00. The molecule has 2 N–H and O–H groups in total. The standard InChI is InChI=1S/C18H14ClN3O2S/c19-13-8-6-11(7-9-13)15-14(10-20)18(21)25-17(16(15)22(23)24)12-4-2-1-3-5-12/h1-9,15-17H,21H2/t15-,16+,17-/m1/s1. The Hall–Kier alpha value is -2.49. The average molecular weight is 372 g/mol. The zero-order valence-corrected chi connectivity index (χ0v) is 14.6. The zero-order chi connectivity index (χ0) is 18.0. The van der Waals surface area contributed by atoms with Crippen LogP contribution in [0.2, 0.25) is 5.02 Å². The maximum Gasteiger partial charge on any atom is 0.240 e. The minimum Gasteiger partial charge on any atom is -0.393 e. The molecular formula is C18H14ClN3O2S. The molecule has 3 rings (SSSR count). The summed E-state index contributed by atoms with van der Waals surface area (Å²) in [5.41, 5.74) is 7.82. The summed E-state index contributed by atoms with van der Waals surface area (Å²) >= 11 is 7.11. The predicted octanol–water partition coefficient (Wildman–Crippen LogP) is 4.25. The molecule has 0 radical (unpaired) electrons. The second kappa shape index (κ2) is 7.18. The number of nitrogens with two attached hydrogens (primary N) is 1. The van der Waals surface area contributed by atoms with Gasteiger partial charge in [0.2, 0.25) is 6.04 Å². The van der Waals surface area contributed by atoms with E-state index in [1.807, 2.05) is 30.3 Å². The normalized spacial score (nSPS) is 23.1. The Morgan fingerprint density at radius 3 is 2.32 bits per heavy atom. The molecular weight excluding hydrogens is 358 g/mol. The molecule has 2 aromatic carbocycles. The predicted molar refractivity (Wildman–Crippen MR) is 98.6 cm³/mol. The molecule has 126 valence electrons. The van der Waals surface area contributed by atoms with Crippen molar-refractivity contribution in [2.45, 2.75) is 17.2 Å². The largest absolute Gasteiger partial charge is 0.393 e. The summed E-state index contributed by atoms with van der Waals surface area (Å²) in [6.07, 6.45) is 0. The zero-order valence-electron chi connectivity index (χ0n) is 13.0. The van der Waals surface area contributed by atoms with Crippen molar-refractivity contribution in [2.75, 3.05) is 0 Å². The third-order valence-electron chi connectivity index (χ3n) is 4.20. The van der Waals surface area contributed by atoms with E-state index in [4.69, 9.17) is 17.3 Å². The number of hydrogen-bond donors (Lipinski definition) is 1. The van der Waals surface area contributed by atoms with Gasteiger partial charge in [-0.25, -0.2) is 0 Å². The second-order valence-corrected chi connectivity index (χ2v) is 7.26. The summed E-state index contributed by atoms with van der Waals surface area (Å²) in [5.74, 6) is -0.719. The number of thioether (sulfide) groups is 1. The van der Waals surface area contributed by atoms with Gasteiger partial charge < -0.3 is 5.73 Å². The van der Waals surface area contributed by atoms with Gasteiger partial charge in [-0.3, -0.25) is 10.1 Å². The van der Waals surface area contributed by atoms with Gasteiger partial charge in [0.25, 0.3) is 0 Å². The van der Waals surface area contributed by atoms with Crippen molar-refractivity contribution in [3.8, 4) is 6.07 Å². The van der Waals surface area contributed by atoms with Crippen LogP contribution in [-0.2, 0) is 0 Å². The lowest BCUT2D eigenvalue weighted by molar-refractivity contribution is -0.525. The van der Waals surface area contributed by atoms with Crippen LogP contribution in [0.25, 0.3) is 0 Å². The summed E-state index contributed by atoms with van der Waals surface area (Å²) in [6.45, 7) is 0. The lowest BCUT2D eigenvalue weighted by Crippen LogP contribution is -2.37. The number of nitro groups is 1. The first-order chi connectivity index (χ1) is 12.0. The van der Waals surface area contributed by atoms with E-state index in [1.54, 1.807) is 24.3 Å². The number of halogens is 1. The first-order valence-electron chi connectivity index (χ1n) is 7.53. The number of nitriles is 1. The van der Waals surface area contributed by atoms with Crippen molar-refractivity contribution in [2.24, 2.45) is 5.73 Å². The number of benzene rings is 2. The molecule has 7 heteroatoms. The number of nitrogens with zero attached hydrogens (tertiary/aromatic N) is 2. The highest BCUT2D eigenvalue weighted by molar-refractivity contribution is 8.03. The quantitative estimate of drug-likeness (QED) is 0.643. The van der Waals surface area contributed by atoms with Crippen molar-refractivity contribution in [1.29, 1.82) is 5.26 Å². The molecule has 3 atom stereocenters. The molecule has 1 heterocycles. The summed E-state index contributed by atoms with van der Waals surface area (Å²) in [4.78, 5) is 11.6. The van der Waals surface area contributed by atoms with Gasteiger partial charge in [-0.1, -0.05) is 65.8 Å². The average Bonchev–Trinajstić information content (AvgIpc) is 2.62. The summed E-state index contributed by atoms with van der Waals surface area (Å²) in [6, 6.07) is 17.0. The molecule has 0 amide bonds. The van der Waals surface area contributed by atoms with Gasteiger partial charge in [0.05, 0.1) is 22.6 Å². The van der Waals surface area contributed by atoms with Crippen molar-refractivity contribution in [1.82, 2.24) is 0 Å². The van der Waals surface area contributed by atoms with Crippen LogP contribution in [0.1, 0.15) is 22.3 Å². The van der Waals surface area contributed by atoms with Crippen LogP contribution in [0.3, 0.4) is 0 Å². The summed E-state index contributed by atoms with van der Waals surface area (Å²) < 4.78 is 0. The van der Waals surface area contributed by atoms with E-state index < -0.39 is 17.2 Å². The number of rotatable bonds is 3. The van der Waals surface area contributed by atoms with E-state index in [1.165, 1.54) is 11.8 Å². The molecule has 25 heavy (non-hydrogen) atoms. The molecule has 1 aliphatic rings. The van der Waals surface area contributed by atoms with Gasteiger partial charge in [-0.15, -0.1) is 0 Å². The van der Waals surface area contributed by atoms with Gasteiger partial charge in [0, 0.05) is 9.95 Å². The molecule has 0 bridgehead atoms. The Morgan fingerprint density at radius 1 is 1.12 bits per heavy atom. The number of hydrogen-bond acceptors (Lipinski definition) is 5. The van der Waals surface area contributed by atoms with Crippen molar-refractivity contribution in [3.05, 3.63) is 91.5 Å². The molecule has 0 fully saturated rings. The van der Waals surface area contributed by atoms with E-state index in [9.17, 15) is 15.4 Å². The minimum absolute atomic E-state index is 0.237. The van der Waals surface area contributed by atoms with Crippen molar-refractivity contribution < 1.29 is 4.92 Å². The van der Waals surface area contributed by atoms with Crippen LogP contribution in [0.5, 0.6) is 0 Å². The highest BCUT2D eigenvalue weighted by atomic mass is 35.5. The molecule has 0 saturated carbocycles. The third kappa shape index (κ3) is 3.34. The van der Waals surface area contributed by atoms with E-state index in [2.05, 4.69) is 6.07 Å². The molecule has 2 aromatic rings. The summed E-state index contributed by atoms with van der Waals surface area (Å²) in [5, 5.41) is 21.9. The third-order valence-corrected chi connectivity index (χ3v) is 5.73. The molecule has 0 unspecified atom stereocenters. The molecule has 0 aromatic heterocycles.